The molecule has 21 heavy (non-hydrogen) atoms. The fraction of sp³-hybridized carbons (Fsp3) is 0.938. The number of carbonyl (C=O) groups excluding carboxylic acids is 1. The van der Waals surface area contributed by atoms with Gasteiger partial charge in [0.1, 0.15) is 0 Å². The summed E-state index contributed by atoms with van der Waals surface area (Å²) in [5.41, 5.74) is 0.139. The molecule has 5 heteroatoms. The van der Waals surface area contributed by atoms with Crippen LogP contribution in [-0.2, 0) is 9.53 Å². The first kappa shape index (κ1) is 18.7. The third-order valence-corrected chi connectivity index (χ3v) is 5.41. The van der Waals surface area contributed by atoms with Gasteiger partial charge >= 0.3 is 0 Å². The van der Waals surface area contributed by atoms with Crippen LogP contribution in [0.1, 0.15) is 59.3 Å². The Morgan fingerprint density at radius 3 is 2.52 bits per heavy atom. The molecule has 0 spiro atoms. The Morgan fingerprint density at radius 2 is 2.00 bits per heavy atom. The Hall–Kier alpha value is -0.320. The smallest absolute Gasteiger partial charge is 0.237 e. The summed E-state index contributed by atoms with van der Waals surface area (Å²) in [5, 5.41) is 6.61. The maximum absolute atomic E-state index is 12.4. The summed E-state index contributed by atoms with van der Waals surface area (Å²) < 4.78 is 5.87. The van der Waals surface area contributed by atoms with Crippen molar-refractivity contribution in [2.75, 3.05) is 13.2 Å². The average molecular weight is 319 g/mol. The number of amides is 1. The molecule has 2 N–H and O–H groups in total. The van der Waals surface area contributed by atoms with Crippen molar-refractivity contribution in [2.45, 2.75) is 77.5 Å². The molecule has 0 aromatic heterocycles. The van der Waals surface area contributed by atoms with Crippen LogP contribution in [0.25, 0.3) is 0 Å². The summed E-state index contributed by atoms with van der Waals surface area (Å²) in [7, 11) is 0. The van der Waals surface area contributed by atoms with Crippen molar-refractivity contribution >= 4 is 18.3 Å². The van der Waals surface area contributed by atoms with Crippen LogP contribution in [0.2, 0.25) is 0 Å². The maximum Gasteiger partial charge on any atom is 0.237 e. The Bertz CT molecular complexity index is 328. The van der Waals surface area contributed by atoms with E-state index in [2.05, 4.69) is 24.5 Å². The lowest BCUT2D eigenvalue weighted by Crippen LogP contribution is -2.66. The highest BCUT2D eigenvalue weighted by molar-refractivity contribution is 5.85. The highest BCUT2D eigenvalue weighted by Crippen LogP contribution is 2.48. The van der Waals surface area contributed by atoms with E-state index in [0.29, 0.717) is 6.10 Å². The van der Waals surface area contributed by atoms with Crippen LogP contribution in [0.4, 0.5) is 0 Å². The zero-order valence-corrected chi connectivity index (χ0v) is 14.4. The fourth-order valence-corrected chi connectivity index (χ4v) is 3.93. The van der Waals surface area contributed by atoms with E-state index in [4.69, 9.17) is 4.74 Å². The molecule has 0 aromatic rings. The molecular weight excluding hydrogens is 288 g/mol. The third-order valence-electron chi connectivity index (χ3n) is 5.41. The van der Waals surface area contributed by atoms with Crippen LogP contribution in [0.15, 0.2) is 0 Å². The summed E-state index contributed by atoms with van der Waals surface area (Å²) in [6, 6.07) is 0.298. The summed E-state index contributed by atoms with van der Waals surface area (Å²) in [6.45, 7) is 8.21. The maximum atomic E-state index is 12.4. The van der Waals surface area contributed by atoms with Gasteiger partial charge in [-0.25, -0.2) is 0 Å². The number of piperidine rings is 1. The minimum absolute atomic E-state index is 0. The Balaban J connectivity index is 0.00000220. The van der Waals surface area contributed by atoms with Crippen molar-refractivity contribution in [3.63, 3.8) is 0 Å². The Kier molecular flexibility index (Phi) is 7.45. The molecule has 1 heterocycles. The lowest BCUT2D eigenvalue weighted by molar-refractivity contribution is -0.149. The Morgan fingerprint density at radius 1 is 1.29 bits per heavy atom. The van der Waals surface area contributed by atoms with E-state index in [1.807, 2.05) is 6.92 Å². The molecular formula is C16H31ClN2O2. The standard InChI is InChI=1S/C16H30N2O2.ClH/c1-4-16(5-2)13(11-14(16)20-6-3)18-15(19)12-9-7-8-10-17-12;/h12-14,17H,4-11H2,1-3H3,(H,18,19);1H. The summed E-state index contributed by atoms with van der Waals surface area (Å²) in [6.07, 6.45) is 6.73. The van der Waals surface area contributed by atoms with Gasteiger partial charge in [-0.2, -0.15) is 0 Å². The SMILES string of the molecule is CCOC1CC(NC(=O)C2CCCCN2)C1(CC)CC.Cl. The number of nitrogens with one attached hydrogen (secondary N) is 2. The monoisotopic (exact) mass is 318 g/mol. The van der Waals surface area contributed by atoms with Gasteiger partial charge in [-0.1, -0.05) is 20.3 Å². The van der Waals surface area contributed by atoms with E-state index in [1.165, 1.54) is 6.42 Å². The largest absolute Gasteiger partial charge is 0.378 e. The molecule has 2 fully saturated rings. The molecule has 1 aliphatic heterocycles. The van der Waals surface area contributed by atoms with Crippen molar-refractivity contribution in [3.8, 4) is 0 Å². The minimum atomic E-state index is 0. The second-order valence-corrected chi connectivity index (χ2v) is 6.18. The van der Waals surface area contributed by atoms with Gasteiger partial charge < -0.3 is 15.4 Å². The molecule has 2 rings (SSSR count). The van der Waals surface area contributed by atoms with Crippen LogP contribution in [-0.4, -0.2) is 37.2 Å². The van der Waals surface area contributed by atoms with Crippen LogP contribution in [0, 0.1) is 5.41 Å². The van der Waals surface area contributed by atoms with Gasteiger partial charge in [0, 0.05) is 18.1 Å². The molecule has 2 aliphatic rings. The van der Waals surface area contributed by atoms with E-state index in [-0.39, 0.29) is 35.8 Å². The zero-order valence-electron chi connectivity index (χ0n) is 13.6. The second kappa shape index (κ2) is 8.35. The molecule has 3 atom stereocenters. The van der Waals surface area contributed by atoms with Gasteiger partial charge in [0.25, 0.3) is 0 Å². The van der Waals surface area contributed by atoms with E-state index in [9.17, 15) is 4.79 Å². The summed E-state index contributed by atoms with van der Waals surface area (Å²) in [4.78, 5) is 12.4. The number of halogens is 1. The average Bonchev–Trinajstić information content (AvgIpc) is 2.48. The molecule has 124 valence electrons. The molecule has 1 saturated heterocycles. The van der Waals surface area contributed by atoms with Gasteiger partial charge in [0.15, 0.2) is 0 Å². The summed E-state index contributed by atoms with van der Waals surface area (Å²) in [5.74, 6) is 0.191. The number of carbonyl (C=O) groups is 1. The molecule has 0 radical (unpaired) electrons. The molecule has 1 saturated carbocycles. The molecule has 4 nitrogen and oxygen atoms in total. The minimum Gasteiger partial charge on any atom is -0.378 e. The first-order valence-electron chi connectivity index (χ1n) is 8.33. The van der Waals surface area contributed by atoms with Crippen molar-refractivity contribution in [1.82, 2.24) is 10.6 Å². The predicted molar refractivity (Wildman–Crippen MR) is 87.9 cm³/mol. The van der Waals surface area contributed by atoms with E-state index in [1.54, 1.807) is 0 Å². The predicted octanol–water partition coefficient (Wildman–Crippen LogP) is 2.65. The first-order valence-corrected chi connectivity index (χ1v) is 8.33. The molecule has 1 aliphatic carbocycles. The van der Waals surface area contributed by atoms with Crippen LogP contribution in [0.3, 0.4) is 0 Å². The fourth-order valence-electron chi connectivity index (χ4n) is 3.93. The number of ether oxygens (including phenoxy) is 1. The lowest BCUT2D eigenvalue weighted by atomic mass is 9.58. The van der Waals surface area contributed by atoms with Gasteiger partial charge in [-0.3, -0.25) is 4.79 Å². The van der Waals surface area contributed by atoms with Crippen LogP contribution < -0.4 is 10.6 Å². The molecule has 1 amide bonds. The molecule has 0 bridgehead atoms. The Labute approximate surface area is 135 Å². The third kappa shape index (κ3) is 3.72. The lowest BCUT2D eigenvalue weighted by Gasteiger charge is -2.55. The van der Waals surface area contributed by atoms with Crippen LogP contribution in [0.5, 0.6) is 0 Å². The second-order valence-electron chi connectivity index (χ2n) is 6.18. The van der Waals surface area contributed by atoms with E-state index in [0.717, 1.165) is 45.3 Å². The van der Waals surface area contributed by atoms with Gasteiger partial charge in [-0.15, -0.1) is 12.4 Å². The van der Waals surface area contributed by atoms with Crippen molar-refractivity contribution < 1.29 is 9.53 Å². The van der Waals surface area contributed by atoms with Crippen molar-refractivity contribution in [2.24, 2.45) is 5.41 Å². The summed E-state index contributed by atoms with van der Waals surface area (Å²) >= 11 is 0. The van der Waals surface area contributed by atoms with E-state index >= 15 is 0 Å². The number of hydrogen-bond acceptors (Lipinski definition) is 3. The van der Waals surface area contributed by atoms with Gasteiger partial charge in [-0.05, 0) is 45.6 Å². The van der Waals surface area contributed by atoms with E-state index < -0.39 is 0 Å². The molecule has 0 aromatic carbocycles. The zero-order chi connectivity index (χ0) is 14.6. The highest BCUT2D eigenvalue weighted by Gasteiger charge is 2.54. The van der Waals surface area contributed by atoms with Gasteiger partial charge in [0.2, 0.25) is 5.91 Å². The topological polar surface area (TPSA) is 50.4 Å². The highest BCUT2D eigenvalue weighted by atomic mass is 35.5. The van der Waals surface area contributed by atoms with Crippen molar-refractivity contribution in [3.05, 3.63) is 0 Å². The molecule has 3 unspecified atom stereocenters. The van der Waals surface area contributed by atoms with Crippen molar-refractivity contribution in [1.29, 1.82) is 0 Å². The first-order chi connectivity index (χ1) is 9.67. The van der Waals surface area contributed by atoms with Gasteiger partial charge in [0.05, 0.1) is 12.1 Å². The number of hydrogen-bond donors (Lipinski definition) is 2. The van der Waals surface area contributed by atoms with Crippen LogP contribution >= 0.6 is 12.4 Å². The number of rotatable bonds is 6. The quantitative estimate of drug-likeness (QED) is 0.791. The normalized spacial score (nSPS) is 30.9.